The molecule has 3 aliphatic rings. The molecule has 110 valence electrons. The second kappa shape index (κ2) is 5.37. The van der Waals surface area contributed by atoms with Crippen LogP contribution < -0.4 is 5.32 Å². The molecule has 2 saturated carbocycles. The molecule has 0 spiro atoms. The van der Waals surface area contributed by atoms with Gasteiger partial charge in [-0.1, -0.05) is 26.7 Å². The van der Waals surface area contributed by atoms with Gasteiger partial charge in [-0.05, 0) is 50.4 Å². The van der Waals surface area contributed by atoms with Crippen molar-refractivity contribution in [1.29, 1.82) is 0 Å². The Labute approximate surface area is 119 Å². The normalized spacial score (nSPS) is 38.2. The highest BCUT2D eigenvalue weighted by Gasteiger charge is 2.46. The summed E-state index contributed by atoms with van der Waals surface area (Å²) in [5.74, 6) is 2.71. The van der Waals surface area contributed by atoms with Gasteiger partial charge in [0.15, 0.2) is 0 Å². The van der Waals surface area contributed by atoms with E-state index in [1.807, 2.05) is 0 Å². The molecule has 19 heavy (non-hydrogen) atoms. The fourth-order valence-electron chi connectivity index (χ4n) is 4.44. The van der Waals surface area contributed by atoms with Crippen LogP contribution in [0.1, 0.15) is 59.3 Å². The van der Waals surface area contributed by atoms with Gasteiger partial charge < -0.3 is 5.32 Å². The van der Waals surface area contributed by atoms with Crippen LogP contribution in [-0.4, -0.2) is 36.1 Å². The molecule has 3 fully saturated rings. The molecule has 0 amide bonds. The average Bonchev–Trinajstić information content (AvgIpc) is 3.10. The van der Waals surface area contributed by atoms with Gasteiger partial charge in [-0.15, -0.1) is 0 Å². The lowest BCUT2D eigenvalue weighted by molar-refractivity contribution is 0.0407. The van der Waals surface area contributed by atoms with Gasteiger partial charge >= 0.3 is 0 Å². The zero-order valence-corrected chi connectivity index (χ0v) is 13.1. The Balaban J connectivity index is 1.66. The van der Waals surface area contributed by atoms with Crippen molar-refractivity contribution in [2.75, 3.05) is 19.6 Å². The molecule has 3 rings (SSSR count). The minimum atomic E-state index is 0.407. The summed E-state index contributed by atoms with van der Waals surface area (Å²) in [6, 6.07) is 0.757. The van der Waals surface area contributed by atoms with Gasteiger partial charge in [-0.25, -0.2) is 0 Å². The van der Waals surface area contributed by atoms with Crippen LogP contribution in [0.5, 0.6) is 0 Å². The number of piperazine rings is 1. The number of hydrogen-bond donors (Lipinski definition) is 1. The van der Waals surface area contributed by atoms with Crippen molar-refractivity contribution in [2.24, 2.45) is 17.8 Å². The van der Waals surface area contributed by atoms with Crippen LogP contribution in [0.3, 0.4) is 0 Å². The standard InChI is InChI=1S/C17H32N2/c1-13(2)16-10-18-17(3,15-8-9-15)12-19(16)11-14-6-4-5-7-14/h13-16,18H,4-12H2,1-3H3. The lowest BCUT2D eigenvalue weighted by atomic mass is 9.87. The predicted octanol–water partition coefficient (Wildman–Crippen LogP) is 3.28. The van der Waals surface area contributed by atoms with E-state index in [2.05, 4.69) is 31.0 Å². The van der Waals surface area contributed by atoms with Crippen molar-refractivity contribution < 1.29 is 0 Å². The SMILES string of the molecule is CC(C)C1CNC(C)(C2CC2)CN1CC1CCCC1. The zero-order valence-electron chi connectivity index (χ0n) is 13.1. The first-order chi connectivity index (χ1) is 9.08. The fraction of sp³-hybridized carbons (Fsp3) is 1.00. The van der Waals surface area contributed by atoms with E-state index in [-0.39, 0.29) is 0 Å². The van der Waals surface area contributed by atoms with Gasteiger partial charge in [-0.2, -0.15) is 0 Å². The second-order valence-corrected chi connectivity index (χ2v) is 7.96. The highest BCUT2D eigenvalue weighted by atomic mass is 15.3. The molecular weight excluding hydrogens is 232 g/mol. The molecule has 1 saturated heterocycles. The molecule has 1 aliphatic heterocycles. The van der Waals surface area contributed by atoms with Crippen LogP contribution in [0.2, 0.25) is 0 Å². The van der Waals surface area contributed by atoms with E-state index in [1.54, 1.807) is 0 Å². The molecule has 2 aliphatic carbocycles. The van der Waals surface area contributed by atoms with Crippen LogP contribution in [0.25, 0.3) is 0 Å². The first-order valence-electron chi connectivity index (χ1n) is 8.57. The van der Waals surface area contributed by atoms with E-state index in [0.29, 0.717) is 5.54 Å². The smallest absolute Gasteiger partial charge is 0.0309 e. The van der Waals surface area contributed by atoms with E-state index in [9.17, 15) is 0 Å². The van der Waals surface area contributed by atoms with Gasteiger partial charge in [-0.3, -0.25) is 4.90 Å². The Morgan fingerprint density at radius 1 is 1.16 bits per heavy atom. The summed E-state index contributed by atoms with van der Waals surface area (Å²) in [5.41, 5.74) is 0.407. The van der Waals surface area contributed by atoms with Gasteiger partial charge in [0.05, 0.1) is 0 Å². The highest BCUT2D eigenvalue weighted by Crippen LogP contribution is 2.42. The van der Waals surface area contributed by atoms with Crippen molar-refractivity contribution in [3.05, 3.63) is 0 Å². The molecule has 1 heterocycles. The minimum Gasteiger partial charge on any atom is -0.308 e. The molecule has 0 bridgehead atoms. The van der Waals surface area contributed by atoms with Crippen molar-refractivity contribution in [2.45, 2.75) is 70.9 Å². The molecule has 1 N–H and O–H groups in total. The highest BCUT2D eigenvalue weighted by molar-refractivity contribution is 5.04. The third-order valence-corrected chi connectivity index (χ3v) is 5.93. The molecular formula is C17H32N2. The first kappa shape index (κ1) is 13.9. The molecule has 2 nitrogen and oxygen atoms in total. The Morgan fingerprint density at radius 3 is 2.42 bits per heavy atom. The largest absolute Gasteiger partial charge is 0.308 e. The summed E-state index contributed by atoms with van der Waals surface area (Å²) in [4.78, 5) is 2.86. The Morgan fingerprint density at radius 2 is 1.84 bits per heavy atom. The summed E-state index contributed by atoms with van der Waals surface area (Å²) >= 11 is 0. The van der Waals surface area contributed by atoms with Crippen molar-refractivity contribution in [3.8, 4) is 0 Å². The zero-order chi connectivity index (χ0) is 13.5. The maximum atomic E-state index is 3.90. The molecule has 2 heteroatoms. The van der Waals surface area contributed by atoms with Gasteiger partial charge in [0.25, 0.3) is 0 Å². The Bertz CT molecular complexity index is 304. The van der Waals surface area contributed by atoms with E-state index in [1.165, 1.54) is 58.2 Å². The quantitative estimate of drug-likeness (QED) is 0.838. The van der Waals surface area contributed by atoms with Crippen LogP contribution in [0.15, 0.2) is 0 Å². The monoisotopic (exact) mass is 264 g/mol. The van der Waals surface area contributed by atoms with Crippen LogP contribution in [-0.2, 0) is 0 Å². The van der Waals surface area contributed by atoms with E-state index < -0.39 is 0 Å². The van der Waals surface area contributed by atoms with Crippen LogP contribution >= 0.6 is 0 Å². The third-order valence-electron chi connectivity index (χ3n) is 5.93. The first-order valence-corrected chi connectivity index (χ1v) is 8.57. The minimum absolute atomic E-state index is 0.407. The lowest BCUT2D eigenvalue weighted by Gasteiger charge is -2.49. The number of nitrogens with one attached hydrogen (secondary N) is 1. The number of hydrogen-bond acceptors (Lipinski definition) is 2. The fourth-order valence-corrected chi connectivity index (χ4v) is 4.44. The van der Waals surface area contributed by atoms with E-state index in [4.69, 9.17) is 0 Å². The van der Waals surface area contributed by atoms with E-state index >= 15 is 0 Å². The molecule has 0 aromatic heterocycles. The lowest BCUT2D eigenvalue weighted by Crippen LogP contribution is -2.65. The molecule has 0 aromatic carbocycles. The van der Waals surface area contributed by atoms with Crippen LogP contribution in [0, 0.1) is 17.8 Å². The van der Waals surface area contributed by atoms with Crippen molar-refractivity contribution in [3.63, 3.8) is 0 Å². The topological polar surface area (TPSA) is 15.3 Å². The van der Waals surface area contributed by atoms with Gasteiger partial charge in [0.2, 0.25) is 0 Å². The van der Waals surface area contributed by atoms with Crippen molar-refractivity contribution >= 4 is 0 Å². The maximum absolute atomic E-state index is 3.90. The number of nitrogens with zero attached hydrogens (tertiary/aromatic N) is 1. The summed E-state index contributed by atoms with van der Waals surface area (Å²) in [7, 11) is 0. The summed E-state index contributed by atoms with van der Waals surface area (Å²) in [6.45, 7) is 11.1. The van der Waals surface area contributed by atoms with Crippen LogP contribution in [0.4, 0.5) is 0 Å². The predicted molar refractivity (Wildman–Crippen MR) is 81.3 cm³/mol. The molecule has 0 aromatic rings. The molecule has 2 atom stereocenters. The Hall–Kier alpha value is -0.0800. The summed E-state index contributed by atoms with van der Waals surface area (Å²) in [5, 5.41) is 3.90. The molecule has 0 radical (unpaired) electrons. The second-order valence-electron chi connectivity index (χ2n) is 7.96. The molecule has 2 unspecified atom stereocenters. The Kier molecular flexibility index (Phi) is 3.92. The van der Waals surface area contributed by atoms with Crippen molar-refractivity contribution in [1.82, 2.24) is 10.2 Å². The van der Waals surface area contributed by atoms with Gasteiger partial charge in [0.1, 0.15) is 0 Å². The average molecular weight is 264 g/mol. The van der Waals surface area contributed by atoms with E-state index in [0.717, 1.165) is 23.8 Å². The third kappa shape index (κ3) is 3.00. The maximum Gasteiger partial charge on any atom is 0.0309 e. The summed E-state index contributed by atoms with van der Waals surface area (Å²) < 4.78 is 0. The number of rotatable bonds is 4. The van der Waals surface area contributed by atoms with Gasteiger partial charge in [0, 0.05) is 31.2 Å². The summed E-state index contributed by atoms with van der Waals surface area (Å²) in [6.07, 6.45) is 8.82.